The van der Waals surface area contributed by atoms with Crippen LogP contribution in [-0.4, -0.2) is 18.0 Å². The van der Waals surface area contributed by atoms with Crippen LogP contribution in [0.2, 0.25) is 5.02 Å². The molecule has 0 saturated heterocycles. The highest BCUT2D eigenvalue weighted by molar-refractivity contribution is 6.30. The Bertz CT molecular complexity index is 784. The van der Waals surface area contributed by atoms with Gasteiger partial charge in [0, 0.05) is 16.8 Å². The lowest BCUT2D eigenvalue weighted by molar-refractivity contribution is -0.121. The predicted octanol–water partition coefficient (Wildman–Crippen LogP) is 5.08. The van der Waals surface area contributed by atoms with Crippen molar-refractivity contribution in [3.05, 3.63) is 64.7 Å². The quantitative estimate of drug-likeness (QED) is 0.710. The summed E-state index contributed by atoms with van der Waals surface area (Å²) >= 11 is 5.83. The third-order valence-electron chi connectivity index (χ3n) is 4.82. The van der Waals surface area contributed by atoms with Gasteiger partial charge in [-0.15, -0.1) is 0 Å². The lowest BCUT2D eigenvalue weighted by atomic mass is 9.95. The molecule has 148 valence electrons. The first-order valence-corrected chi connectivity index (χ1v) is 10.0. The first kappa shape index (κ1) is 20.2. The van der Waals surface area contributed by atoms with Gasteiger partial charge in [-0.05, 0) is 48.2 Å². The molecule has 0 bridgehead atoms. The van der Waals surface area contributed by atoms with E-state index < -0.39 is 6.09 Å². The van der Waals surface area contributed by atoms with Gasteiger partial charge in [-0.2, -0.15) is 0 Å². The van der Waals surface area contributed by atoms with Gasteiger partial charge in [0.2, 0.25) is 5.91 Å². The largest absolute Gasteiger partial charge is 0.444 e. The Balaban J connectivity index is 1.42. The molecule has 28 heavy (non-hydrogen) atoms. The molecule has 0 radical (unpaired) electrons. The molecule has 3 rings (SSSR count). The Morgan fingerprint density at radius 3 is 2.25 bits per heavy atom. The minimum absolute atomic E-state index is 0.0509. The topological polar surface area (TPSA) is 67.4 Å². The van der Waals surface area contributed by atoms with Crippen LogP contribution < -0.4 is 10.6 Å². The van der Waals surface area contributed by atoms with E-state index in [0.717, 1.165) is 24.0 Å². The molecule has 0 heterocycles. The Morgan fingerprint density at radius 2 is 1.57 bits per heavy atom. The molecule has 1 saturated carbocycles. The summed E-state index contributed by atoms with van der Waals surface area (Å²) < 4.78 is 5.19. The summed E-state index contributed by atoms with van der Waals surface area (Å²) in [5.41, 5.74) is 2.39. The molecular weight excluding hydrogens is 376 g/mol. The lowest BCUT2D eigenvalue weighted by Gasteiger charge is -2.22. The minimum Gasteiger partial charge on any atom is -0.444 e. The molecule has 0 aromatic heterocycles. The van der Waals surface area contributed by atoms with Crippen molar-refractivity contribution >= 4 is 29.3 Å². The third kappa shape index (κ3) is 6.57. The van der Waals surface area contributed by atoms with Crippen LogP contribution in [-0.2, 0) is 22.6 Å². The fourth-order valence-corrected chi connectivity index (χ4v) is 3.43. The Kier molecular flexibility index (Phi) is 7.31. The van der Waals surface area contributed by atoms with E-state index in [1.807, 2.05) is 24.3 Å². The van der Waals surface area contributed by atoms with Crippen LogP contribution in [0, 0.1) is 0 Å². The van der Waals surface area contributed by atoms with Crippen LogP contribution in [0.4, 0.5) is 10.5 Å². The zero-order valence-electron chi connectivity index (χ0n) is 15.7. The van der Waals surface area contributed by atoms with Gasteiger partial charge >= 0.3 is 6.09 Å². The highest BCUT2D eigenvalue weighted by atomic mass is 35.5. The number of benzene rings is 2. The van der Waals surface area contributed by atoms with Gasteiger partial charge in [-0.3, -0.25) is 10.1 Å². The van der Waals surface area contributed by atoms with E-state index >= 15 is 0 Å². The second-order valence-corrected chi connectivity index (χ2v) is 7.54. The van der Waals surface area contributed by atoms with E-state index in [4.69, 9.17) is 16.3 Å². The molecule has 0 atom stereocenters. The van der Waals surface area contributed by atoms with Gasteiger partial charge in [0.1, 0.15) is 6.61 Å². The summed E-state index contributed by atoms with van der Waals surface area (Å²) in [6, 6.07) is 14.7. The second-order valence-electron chi connectivity index (χ2n) is 7.10. The van der Waals surface area contributed by atoms with Crippen molar-refractivity contribution in [1.82, 2.24) is 5.32 Å². The average Bonchev–Trinajstić information content (AvgIpc) is 2.70. The standard InChI is InChI=1S/C22H25ClN2O3/c23-18-10-6-17(7-11-18)15-28-22(27)25-20-12-8-16(9-13-20)14-21(26)24-19-4-2-1-3-5-19/h6-13,19H,1-5,14-15H2,(H,24,26)(H,25,27). The highest BCUT2D eigenvalue weighted by Crippen LogP contribution is 2.18. The van der Waals surface area contributed by atoms with Crippen LogP contribution in [0.3, 0.4) is 0 Å². The van der Waals surface area contributed by atoms with Crippen molar-refractivity contribution in [3.63, 3.8) is 0 Å². The number of carbonyl (C=O) groups excluding carboxylic acids is 2. The van der Waals surface area contributed by atoms with Gasteiger partial charge in [0.25, 0.3) is 0 Å². The van der Waals surface area contributed by atoms with Crippen LogP contribution in [0.25, 0.3) is 0 Å². The van der Waals surface area contributed by atoms with E-state index in [2.05, 4.69) is 10.6 Å². The summed E-state index contributed by atoms with van der Waals surface area (Å²) in [6.45, 7) is 0.169. The molecule has 0 aliphatic heterocycles. The second kappa shape index (κ2) is 10.1. The molecule has 2 aromatic carbocycles. The van der Waals surface area contributed by atoms with E-state index in [0.29, 0.717) is 23.2 Å². The van der Waals surface area contributed by atoms with Crippen molar-refractivity contribution in [3.8, 4) is 0 Å². The Labute approximate surface area is 170 Å². The number of carbonyl (C=O) groups is 2. The first-order chi connectivity index (χ1) is 13.6. The fraction of sp³-hybridized carbons (Fsp3) is 0.364. The molecule has 2 N–H and O–H groups in total. The number of hydrogen-bond acceptors (Lipinski definition) is 3. The highest BCUT2D eigenvalue weighted by Gasteiger charge is 2.15. The molecule has 5 nitrogen and oxygen atoms in total. The number of nitrogens with one attached hydrogen (secondary N) is 2. The number of hydrogen-bond donors (Lipinski definition) is 2. The lowest BCUT2D eigenvalue weighted by Crippen LogP contribution is -2.37. The molecule has 1 fully saturated rings. The van der Waals surface area contributed by atoms with Crippen LogP contribution in [0.5, 0.6) is 0 Å². The maximum Gasteiger partial charge on any atom is 0.411 e. The molecular formula is C22H25ClN2O3. The van der Waals surface area contributed by atoms with Gasteiger partial charge in [-0.25, -0.2) is 4.79 Å². The first-order valence-electron chi connectivity index (χ1n) is 9.65. The fourth-order valence-electron chi connectivity index (χ4n) is 3.30. The molecule has 6 heteroatoms. The van der Waals surface area contributed by atoms with E-state index in [1.165, 1.54) is 19.3 Å². The molecule has 2 aromatic rings. The molecule has 1 aliphatic rings. The summed E-state index contributed by atoms with van der Waals surface area (Å²) in [7, 11) is 0. The monoisotopic (exact) mass is 400 g/mol. The van der Waals surface area contributed by atoms with Crippen LogP contribution in [0.1, 0.15) is 43.2 Å². The Morgan fingerprint density at radius 1 is 0.929 bits per heavy atom. The maximum atomic E-state index is 12.2. The normalized spacial score (nSPS) is 14.3. The summed E-state index contributed by atoms with van der Waals surface area (Å²) in [6.07, 6.45) is 5.62. The van der Waals surface area contributed by atoms with Crippen LogP contribution >= 0.6 is 11.6 Å². The molecule has 2 amide bonds. The summed E-state index contributed by atoms with van der Waals surface area (Å²) in [5, 5.41) is 6.43. The van der Waals surface area contributed by atoms with Gasteiger partial charge < -0.3 is 10.1 Å². The number of amides is 2. The summed E-state index contributed by atoms with van der Waals surface area (Å²) in [5.74, 6) is 0.0509. The Hall–Kier alpha value is -2.53. The number of anilines is 1. The van der Waals surface area contributed by atoms with Crippen LogP contribution in [0.15, 0.2) is 48.5 Å². The van der Waals surface area contributed by atoms with Crippen molar-refractivity contribution in [1.29, 1.82) is 0 Å². The van der Waals surface area contributed by atoms with Gasteiger partial charge in [-0.1, -0.05) is 55.1 Å². The number of halogens is 1. The van der Waals surface area contributed by atoms with Gasteiger partial charge in [0.05, 0.1) is 6.42 Å². The zero-order valence-corrected chi connectivity index (χ0v) is 16.5. The molecule has 1 aliphatic carbocycles. The van der Waals surface area contributed by atoms with Crippen molar-refractivity contribution < 1.29 is 14.3 Å². The average molecular weight is 401 g/mol. The number of ether oxygens (including phenoxy) is 1. The van der Waals surface area contributed by atoms with Crippen molar-refractivity contribution in [2.75, 3.05) is 5.32 Å². The maximum absolute atomic E-state index is 12.2. The third-order valence-corrected chi connectivity index (χ3v) is 5.07. The predicted molar refractivity (Wildman–Crippen MR) is 110 cm³/mol. The molecule has 0 spiro atoms. The summed E-state index contributed by atoms with van der Waals surface area (Å²) in [4.78, 5) is 24.1. The molecule has 0 unspecified atom stereocenters. The van der Waals surface area contributed by atoms with E-state index in [1.54, 1.807) is 24.3 Å². The SMILES string of the molecule is O=C(Cc1ccc(NC(=O)OCc2ccc(Cl)cc2)cc1)NC1CCCCC1. The number of rotatable bonds is 6. The van der Waals surface area contributed by atoms with E-state index in [-0.39, 0.29) is 12.5 Å². The van der Waals surface area contributed by atoms with Crippen molar-refractivity contribution in [2.24, 2.45) is 0 Å². The van der Waals surface area contributed by atoms with Crippen molar-refractivity contribution in [2.45, 2.75) is 51.2 Å². The smallest absolute Gasteiger partial charge is 0.411 e. The minimum atomic E-state index is -0.530. The van der Waals surface area contributed by atoms with Gasteiger partial charge in [0.15, 0.2) is 0 Å². The van der Waals surface area contributed by atoms with E-state index in [9.17, 15) is 9.59 Å². The zero-order chi connectivity index (χ0) is 19.8.